The van der Waals surface area contributed by atoms with E-state index in [1.807, 2.05) is 0 Å². The molecule has 3 nitrogen and oxygen atoms in total. The predicted octanol–water partition coefficient (Wildman–Crippen LogP) is 4.21. The molecule has 0 aromatic carbocycles. The van der Waals surface area contributed by atoms with Gasteiger partial charge in [-0.05, 0) is 38.3 Å². The van der Waals surface area contributed by atoms with Crippen molar-refractivity contribution in [3.8, 4) is 0 Å². The third-order valence-corrected chi connectivity index (χ3v) is 7.11. The van der Waals surface area contributed by atoms with Crippen LogP contribution in [0.2, 0.25) is 12.1 Å². The van der Waals surface area contributed by atoms with Crippen LogP contribution in [0.5, 0.6) is 0 Å². The topological polar surface area (TPSA) is 44.5 Å². The van der Waals surface area contributed by atoms with Crippen molar-refractivity contribution in [1.82, 2.24) is 0 Å². The second-order valence-electron chi connectivity index (χ2n) is 5.58. The molecule has 19 heavy (non-hydrogen) atoms. The molecule has 0 amide bonds. The lowest BCUT2D eigenvalue weighted by atomic mass is 10.3. The predicted molar refractivity (Wildman–Crippen MR) is 85.6 cm³/mol. The van der Waals surface area contributed by atoms with Crippen LogP contribution in [0.4, 0.5) is 0 Å². The van der Waals surface area contributed by atoms with Crippen LogP contribution >= 0.6 is 0 Å². The molecule has 0 fully saturated rings. The van der Waals surface area contributed by atoms with Gasteiger partial charge < -0.3 is 14.6 Å². The Kier molecular flexibility index (Phi) is 11.9. The highest BCUT2D eigenvalue weighted by atomic mass is 28.4. The molecule has 0 aromatic heterocycles. The SMILES string of the molecule is CCCCO[Si](CCC)(CCC(C)N)OCCCC. The van der Waals surface area contributed by atoms with E-state index in [-0.39, 0.29) is 6.04 Å². The van der Waals surface area contributed by atoms with Crippen molar-refractivity contribution in [3.63, 3.8) is 0 Å². The summed E-state index contributed by atoms with van der Waals surface area (Å²) in [5.41, 5.74) is 5.92. The highest BCUT2D eigenvalue weighted by molar-refractivity contribution is 6.67. The molecule has 0 aromatic rings. The summed E-state index contributed by atoms with van der Waals surface area (Å²) in [6.07, 6.45) is 6.78. The number of unbranched alkanes of at least 4 members (excludes halogenated alkanes) is 2. The first-order valence-electron chi connectivity index (χ1n) is 8.13. The van der Waals surface area contributed by atoms with Crippen LogP contribution in [0.1, 0.15) is 66.2 Å². The van der Waals surface area contributed by atoms with Crippen molar-refractivity contribution in [2.45, 2.75) is 84.3 Å². The van der Waals surface area contributed by atoms with Crippen molar-refractivity contribution < 1.29 is 8.85 Å². The van der Waals surface area contributed by atoms with Crippen LogP contribution in [0.15, 0.2) is 0 Å². The average molecular weight is 290 g/mol. The van der Waals surface area contributed by atoms with Gasteiger partial charge in [0.1, 0.15) is 0 Å². The fourth-order valence-electron chi connectivity index (χ4n) is 2.09. The third-order valence-electron chi connectivity index (χ3n) is 3.34. The first kappa shape index (κ1) is 19.1. The Balaban J connectivity index is 4.46. The molecule has 0 aliphatic carbocycles. The van der Waals surface area contributed by atoms with Crippen LogP contribution in [-0.2, 0) is 8.85 Å². The molecule has 116 valence electrons. The molecular formula is C15H35NO2Si. The second kappa shape index (κ2) is 11.9. The maximum atomic E-state index is 6.27. The number of rotatable bonds is 13. The standard InChI is InChI=1S/C15H35NO2Si/c1-5-8-11-17-19(13-7-3,14-10-15(4)16)18-12-9-6-2/h15H,5-14,16H2,1-4H3. The van der Waals surface area contributed by atoms with E-state index in [0.29, 0.717) is 0 Å². The van der Waals surface area contributed by atoms with Gasteiger partial charge >= 0.3 is 8.56 Å². The summed E-state index contributed by atoms with van der Waals surface area (Å²) >= 11 is 0. The molecule has 0 aliphatic heterocycles. The van der Waals surface area contributed by atoms with E-state index < -0.39 is 8.56 Å². The van der Waals surface area contributed by atoms with E-state index in [0.717, 1.165) is 51.0 Å². The van der Waals surface area contributed by atoms with Crippen LogP contribution in [0, 0.1) is 0 Å². The molecule has 1 unspecified atom stereocenters. The van der Waals surface area contributed by atoms with Crippen molar-refractivity contribution in [2.75, 3.05) is 13.2 Å². The van der Waals surface area contributed by atoms with E-state index in [1.54, 1.807) is 0 Å². The lowest BCUT2D eigenvalue weighted by molar-refractivity contribution is 0.161. The van der Waals surface area contributed by atoms with Gasteiger partial charge in [0.05, 0.1) is 0 Å². The molecule has 0 saturated carbocycles. The first-order valence-corrected chi connectivity index (χ1v) is 10.4. The molecule has 0 radical (unpaired) electrons. The molecule has 0 aliphatic rings. The Morgan fingerprint density at radius 2 is 1.42 bits per heavy atom. The zero-order valence-electron chi connectivity index (χ0n) is 13.5. The molecule has 4 heteroatoms. The molecule has 1 atom stereocenters. The minimum atomic E-state index is -2.01. The molecule has 0 bridgehead atoms. The van der Waals surface area contributed by atoms with Gasteiger partial charge in [0, 0.05) is 19.3 Å². The quantitative estimate of drug-likeness (QED) is 0.408. The smallest absolute Gasteiger partial charge is 0.338 e. The van der Waals surface area contributed by atoms with Gasteiger partial charge in [-0.15, -0.1) is 0 Å². The van der Waals surface area contributed by atoms with Crippen LogP contribution < -0.4 is 5.73 Å². The van der Waals surface area contributed by atoms with E-state index in [2.05, 4.69) is 27.7 Å². The molecule has 0 spiro atoms. The van der Waals surface area contributed by atoms with Gasteiger partial charge in [0.2, 0.25) is 0 Å². The highest BCUT2D eigenvalue weighted by Gasteiger charge is 2.36. The normalized spacial score (nSPS) is 13.7. The van der Waals surface area contributed by atoms with E-state index in [1.165, 1.54) is 12.8 Å². The summed E-state index contributed by atoms with van der Waals surface area (Å²) in [4.78, 5) is 0. The largest absolute Gasteiger partial charge is 0.394 e. The molecule has 0 saturated heterocycles. The fourth-order valence-corrected chi connectivity index (χ4v) is 5.69. The summed E-state index contributed by atoms with van der Waals surface area (Å²) in [5.74, 6) is 0. The number of hydrogen-bond acceptors (Lipinski definition) is 3. The third kappa shape index (κ3) is 9.60. The minimum Gasteiger partial charge on any atom is -0.394 e. The van der Waals surface area contributed by atoms with Crippen molar-refractivity contribution in [1.29, 1.82) is 0 Å². The summed E-state index contributed by atoms with van der Waals surface area (Å²) < 4.78 is 12.5. The maximum absolute atomic E-state index is 6.27. The van der Waals surface area contributed by atoms with Gasteiger partial charge in [-0.25, -0.2) is 0 Å². The van der Waals surface area contributed by atoms with Gasteiger partial charge in [-0.3, -0.25) is 0 Å². The van der Waals surface area contributed by atoms with Crippen molar-refractivity contribution >= 4 is 8.56 Å². The van der Waals surface area contributed by atoms with Crippen molar-refractivity contribution in [3.05, 3.63) is 0 Å². The first-order chi connectivity index (χ1) is 9.10. The number of hydrogen-bond donors (Lipinski definition) is 1. The average Bonchev–Trinajstić information content (AvgIpc) is 2.37. The van der Waals surface area contributed by atoms with Gasteiger partial charge in [0.15, 0.2) is 0 Å². The fraction of sp³-hybridized carbons (Fsp3) is 1.00. The van der Waals surface area contributed by atoms with Crippen LogP contribution in [-0.4, -0.2) is 27.8 Å². The van der Waals surface area contributed by atoms with Crippen LogP contribution in [0.25, 0.3) is 0 Å². The summed E-state index contributed by atoms with van der Waals surface area (Å²) in [7, 11) is -2.01. The number of nitrogens with two attached hydrogens (primary N) is 1. The summed E-state index contributed by atoms with van der Waals surface area (Å²) in [5, 5.41) is 0. The monoisotopic (exact) mass is 289 g/mol. The van der Waals surface area contributed by atoms with E-state index in [9.17, 15) is 0 Å². The van der Waals surface area contributed by atoms with Crippen molar-refractivity contribution in [2.24, 2.45) is 5.73 Å². The van der Waals surface area contributed by atoms with Gasteiger partial charge in [-0.1, -0.05) is 40.0 Å². The Hall–Kier alpha value is 0.0969. The van der Waals surface area contributed by atoms with Gasteiger partial charge in [0.25, 0.3) is 0 Å². The molecule has 0 rings (SSSR count). The molecule has 0 heterocycles. The molecular weight excluding hydrogens is 254 g/mol. The lowest BCUT2D eigenvalue weighted by Crippen LogP contribution is -2.43. The zero-order valence-corrected chi connectivity index (χ0v) is 14.5. The summed E-state index contributed by atoms with van der Waals surface area (Å²) in [6.45, 7) is 10.4. The second-order valence-corrected chi connectivity index (χ2v) is 8.98. The van der Waals surface area contributed by atoms with Crippen LogP contribution in [0.3, 0.4) is 0 Å². The summed E-state index contributed by atoms with van der Waals surface area (Å²) in [6, 6.07) is 2.40. The zero-order chi connectivity index (χ0) is 14.6. The van der Waals surface area contributed by atoms with Gasteiger partial charge in [-0.2, -0.15) is 0 Å². The molecule has 2 N–H and O–H groups in total. The lowest BCUT2D eigenvalue weighted by Gasteiger charge is -2.31. The maximum Gasteiger partial charge on any atom is 0.338 e. The highest BCUT2D eigenvalue weighted by Crippen LogP contribution is 2.24. The Bertz CT molecular complexity index is 191. The Labute approximate surface area is 121 Å². The Morgan fingerprint density at radius 1 is 0.895 bits per heavy atom. The minimum absolute atomic E-state index is 0.244. The Morgan fingerprint density at radius 3 is 1.79 bits per heavy atom. The van der Waals surface area contributed by atoms with E-state index >= 15 is 0 Å². The van der Waals surface area contributed by atoms with E-state index in [4.69, 9.17) is 14.6 Å².